The van der Waals surface area contributed by atoms with Crippen LogP contribution in [0.2, 0.25) is 0 Å². The normalized spacial score (nSPS) is 9.76. The monoisotopic (exact) mass is 283 g/mol. The van der Waals surface area contributed by atoms with Gasteiger partial charge in [0.05, 0.1) is 13.2 Å². The van der Waals surface area contributed by atoms with Gasteiger partial charge in [0, 0.05) is 36.5 Å². The minimum Gasteiger partial charge on any atom is -0.395 e. The number of nitrogens with zero attached hydrogens (tertiary/aromatic N) is 2. The molecular formula is C16H17N3O2. The van der Waals surface area contributed by atoms with Crippen molar-refractivity contribution in [1.82, 2.24) is 15.1 Å². The predicted octanol–water partition coefficient (Wildman–Crippen LogP) is 1.05. The molecule has 0 spiro atoms. The lowest BCUT2D eigenvalue weighted by Crippen LogP contribution is -2.27. The van der Waals surface area contributed by atoms with Gasteiger partial charge in [0.15, 0.2) is 0 Å². The van der Waals surface area contributed by atoms with E-state index >= 15 is 0 Å². The Morgan fingerprint density at radius 2 is 2.14 bits per heavy atom. The van der Waals surface area contributed by atoms with Gasteiger partial charge in [-0.15, -0.1) is 0 Å². The van der Waals surface area contributed by atoms with E-state index in [-0.39, 0.29) is 12.5 Å². The van der Waals surface area contributed by atoms with E-state index in [1.807, 2.05) is 12.3 Å². The first-order chi connectivity index (χ1) is 10.3. The Balaban J connectivity index is 1.83. The first-order valence-electron chi connectivity index (χ1n) is 6.75. The molecule has 0 atom stereocenters. The number of amides is 1. The van der Waals surface area contributed by atoms with Gasteiger partial charge < -0.3 is 10.4 Å². The maximum atomic E-state index is 11.9. The molecule has 1 aromatic carbocycles. The Morgan fingerprint density at radius 1 is 1.33 bits per heavy atom. The van der Waals surface area contributed by atoms with Gasteiger partial charge >= 0.3 is 0 Å². The van der Waals surface area contributed by atoms with E-state index < -0.39 is 0 Å². The second-order valence-electron chi connectivity index (χ2n) is 4.38. The standard InChI is InChI=1S/C16H17N3O2/c20-13-2-1-4-14-5-7-15(8-6-14)16(21)17-10-12-19-11-3-9-18-19/h3,5-9,11,20H,2,10,12-13H2,(H,17,21). The summed E-state index contributed by atoms with van der Waals surface area (Å²) in [6, 6.07) is 8.93. The molecule has 0 aliphatic carbocycles. The quantitative estimate of drug-likeness (QED) is 0.806. The van der Waals surface area contributed by atoms with E-state index in [0.717, 1.165) is 5.56 Å². The van der Waals surface area contributed by atoms with E-state index in [4.69, 9.17) is 5.11 Å². The number of aliphatic hydroxyl groups excluding tert-OH is 1. The molecule has 0 saturated heterocycles. The predicted molar refractivity (Wildman–Crippen MR) is 79.6 cm³/mol. The van der Waals surface area contributed by atoms with Crippen LogP contribution in [0.15, 0.2) is 42.7 Å². The fraction of sp³-hybridized carbons (Fsp3) is 0.250. The zero-order chi connectivity index (χ0) is 14.9. The lowest BCUT2D eigenvalue weighted by Gasteiger charge is -2.05. The van der Waals surface area contributed by atoms with E-state index in [1.165, 1.54) is 0 Å². The van der Waals surface area contributed by atoms with E-state index in [1.54, 1.807) is 35.1 Å². The highest BCUT2D eigenvalue weighted by atomic mass is 16.2. The third-order valence-electron chi connectivity index (χ3n) is 2.80. The van der Waals surface area contributed by atoms with Gasteiger partial charge in [0.1, 0.15) is 0 Å². The van der Waals surface area contributed by atoms with Gasteiger partial charge in [-0.3, -0.25) is 9.48 Å². The van der Waals surface area contributed by atoms with Crippen LogP contribution in [-0.2, 0) is 6.54 Å². The maximum absolute atomic E-state index is 11.9. The van der Waals surface area contributed by atoms with Gasteiger partial charge in [-0.1, -0.05) is 11.8 Å². The smallest absolute Gasteiger partial charge is 0.251 e. The molecule has 1 aromatic heterocycles. The Kier molecular flexibility index (Phi) is 5.56. The number of rotatable bonds is 5. The highest BCUT2D eigenvalue weighted by Crippen LogP contribution is 2.03. The SMILES string of the molecule is O=C(NCCn1cccn1)c1ccc(C#CCCO)cc1. The van der Waals surface area contributed by atoms with Crippen LogP contribution in [0.4, 0.5) is 0 Å². The minimum absolute atomic E-state index is 0.0593. The Labute approximate surface area is 123 Å². The van der Waals surface area contributed by atoms with Gasteiger partial charge in [-0.05, 0) is 30.3 Å². The van der Waals surface area contributed by atoms with E-state index in [2.05, 4.69) is 22.3 Å². The largest absolute Gasteiger partial charge is 0.395 e. The zero-order valence-corrected chi connectivity index (χ0v) is 11.6. The van der Waals surface area contributed by atoms with Gasteiger partial charge in [-0.2, -0.15) is 5.10 Å². The molecule has 0 aliphatic heterocycles. The van der Waals surface area contributed by atoms with Crippen LogP contribution < -0.4 is 5.32 Å². The van der Waals surface area contributed by atoms with Crippen molar-refractivity contribution in [2.45, 2.75) is 13.0 Å². The summed E-state index contributed by atoms with van der Waals surface area (Å²) in [6.07, 6.45) is 4.01. The number of nitrogens with one attached hydrogen (secondary N) is 1. The van der Waals surface area contributed by atoms with Crippen molar-refractivity contribution >= 4 is 5.91 Å². The number of aromatic nitrogens is 2. The Morgan fingerprint density at radius 3 is 2.81 bits per heavy atom. The highest BCUT2D eigenvalue weighted by Gasteiger charge is 2.04. The van der Waals surface area contributed by atoms with Crippen molar-refractivity contribution in [1.29, 1.82) is 0 Å². The molecule has 2 aromatic rings. The van der Waals surface area contributed by atoms with Crippen molar-refractivity contribution < 1.29 is 9.90 Å². The van der Waals surface area contributed by atoms with Crippen molar-refractivity contribution in [3.05, 3.63) is 53.9 Å². The highest BCUT2D eigenvalue weighted by molar-refractivity contribution is 5.94. The van der Waals surface area contributed by atoms with Crippen LogP contribution in [0.3, 0.4) is 0 Å². The summed E-state index contributed by atoms with van der Waals surface area (Å²) in [5.41, 5.74) is 1.43. The van der Waals surface area contributed by atoms with Gasteiger partial charge in [-0.25, -0.2) is 0 Å². The molecule has 0 fully saturated rings. The number of benzene rings is 1. The summed E-state index contributed by atoms with van der Waals surface area (Å²) in [5, 5.41) is 15.6. The van der Waals surface area contributed by atoms with Crippen molar-refractivity contribution in [3.63, 3.8) is 0 Å². The second-order valence-corrected chi connectivity index (χ2v) is 4.38. The molecular weight excluding hydrogens is 266 g/mol. The zero-order valence-electron chi connectivity index (χ0n) is 11.6. The average Bonchev–Trinajstić information content (AvgIpc) is 3.01. The molecule has 0 aliphatic rings. The minimum atomic E-state index is -0.114. The fourth-order valence-corrected chi connectivity index (χ4v) is 1.74. The third kappa shape index (κ3) is 4.79. The van der Waals surface area contributed by atoms with Gasteiger partial charge in [0.25, 0.3) is 5.91 Å². The lowest BCUT2D eigenvalue weighted by atomic mass is 10.1. The van der Waals surface area contributed by atoms with Crippen LogP contribution in [0.5, 0.6) is 0 Å². The topological polar surface area (TPSA) is 67.2 Å². The molecule has 5 heteroatoms. The number of hydrogen-bond donors (Lipinski definition) is 2. The summed E-state index contributed by atoms with van der Waals surface area (Å²) in [6.45, 7) is 1.23. The molecule has 21 heavy (non-hydrogen) atoms. The molecule has 108 valence electrons. The molecule has 5 nitrogen and oxygen atoms in total. The Hall–Kier alpha value is -2.58. The van der Waals surface area contributed by atoms with Gasteiger partial charge in [0.2, 0.25) is 0 Å². The van der Waals surface area contributed by atoms with Crippen molar-refractivity contribution in [3.8, 4) is 11.8 Å². The molecule has 2 rings (SSSR count). The maximum Gasteiger partial charge on any atom is 0.251 e. The summed E-state index contributed by atoms with van der Waals surface area (Å²) >= 11 is 0. The fourth-order valence-electron chi connectivity index (χ4n) is 1.74. The summed E-state index contributed by atoms with van der Waals surface area (Å²) < 4.78 is 1.76. The summed E-state index contributed by atoms with van der Waals surface area (Å²) in [4.78, 5) is 11.9. The van der Waals surface area contributed by atoms with Crippen LogP contribution >= 0.6 is 0 Å². The molecule has 1 heterocycles. The third-order valence-corrected chi connectivity index (χ3v) is 2.80. The summed E-state index contributed by atoms with van der Waals surface area (Å²) in [5.74, 6) is 5.65. The number of carbonyl (C=O) groups is 1. The molecule has 1 amide bonds. The number of hydrogen-bond acceptors (Lipinski definition) is 3. The summed E-state index contributed by atoms with van der Waals surface area (Å²) in [7, 11) is 0. The van der Waals surface area contributed by atoms with Crippen LogP contribution in [-0.4, -0.2) is 33.9 Å². The van der Waals surface area contributed by atoms with Crippen LogP contribution in [0, 0.1) is 11.8 Å². The van der Waals surface area contributed by atoms with E-state index in [9.17, 15) is 4.79 Å². The molecule has 0 bridgehead atoms. The lowest BCUT2D eigenvalue weighted by molar-refractivity contribution is 0.0952. The average molecular weight is 283 g/mol. The first kappa shape index (κ1) is 14.8. The number of aliphatic hydroxyl groups is 1. The molecule has 0 radical (unpaired) electrons. The molecule has 0 unspecified atom stereocenters. The first-order valence-corrected chi connectivity index (χ1v) is 6.75. The van der Waals surface area contributed by atoms with Crippen LogP contribution in [0.1, 0.15) is 22.3 Å². The Bertz CT molecular complexity index is 622. The second kappa shape index (κ2) is 7.88. The van der Waals surface area contributed by atoms with Crippen molar-refractivity contribution in [2.24, 2.45) is 0 Å². The van der Waals surface area contributed by atoms with Crippen LogP contribution in [0.25, 0.3) is 0 Å². The molecule has 2 N–H and O–H groups in total. The van der Waals surface area contributed by atoms with E-state index in [0.29, 0.717) is 25.1 Å². The number of carbonyl (C=O) groups excluding carboxylic acids is 1. The van der Waals surface area contributed by atoms with Crippen molar-refractivity contribution in [2.75, 3.05) is 13.2 Å². The molecule has 0 saturated carbocycles.